The van der Waals surface area contributed by atoms with Crippen molar-refractivity contribution in [3.63, 3.8) is 0 Å². The van der Waals surface area contributed by atoms with Crippen LogP contribution in [0, 0.1) is 6.92 Å². The highest BCUT2D eigenvalue weighted by atomic mass is 35.5. The van der Waals surface area contributed by atoms with Gasteiger partial charge in [-0.05, 0) is 31.2 Å². The second-order valence-corrected chi connectivity index (χ2v) is 8.67. The predicted molar refractivity (Wildman–Crippen MR) is 109 cm³/mol. The second-order valence-electron chi connectivity index (χ2n) is 6.54. The molecule has 1 N–H and O–H groups in total. The fraction of sp³-hybridized carbons (Fsp3) is 0.421. The number of β-amino-alcohol motifs (C(OH)–C–C–N with tert-alkyl or cyclic N) is 1. The molecule has 0 radical (unpaired) electrons. The van der Waals surface area contributed by atoms with Crippen LogP contribution in [0.1, 0.15) is 14.5 Å². The first-order chi connectivity index (χ1) is 12.9. The highest BCUT2D eigenvalue weighted by Gasteiger charge is 2.24. The first kappa shape index (κ1) is 20.4. The van der Waals surface area contributed by atoms with Gasteiger partial charge in [-0.15, -0.1) is 11.3 Å². The zero-order chi connectivity index (χ0) is 19.4. The van der Waals surface area contributed by atoms with Gasteiger partial charge in [0, 0.05) is 48.7 Å². The van der Waals surface area contributed by atoms with Crippen LogP contribution >= 0.6 is 34.5 Å². The van der Waals surface area contributed by atoms with E-state index in [1.54, 1.807) is 18.2 Å². The van der Waals surface area contributed by atoms with Crippen LogP contribution in [-0.2, 0) is 0 Å². The molecule has 27 heavy (non-hydrogen) atoms. The Morgan fingerprint density at radius 2 is 1.96 bits per heavy atom. The Kier molecular flexibility index (Phi) is 7.00. The van der Waals surface area contributed by atoms with Crippen molar-refractivity contribution in [2.75, 3.05) is 39.3 Å². The Balaban J connectivity index is 1.43. The lowest BCUT2D eigenvalue weighted by Gasteiger charge is -2.35. The SMILES string of the molecule is Cc1ccc(C(=O)N2CCN(CC(O)COc3cc(Cl)ccc3Cl)CC2)s1. The third-order valence-electron chi connectivity index (χ3n) is 4.40. The van der Waals surface area contributed by atoms with E-state index in [-0.39, 0.29) is 12.5 Å². The molecular weight excluding hydrogens is 407 g/mol. The molecule has 1 unspecified atom stereocenters. The van der Waals surface area contributed by atoms with Gasteiger partial charge in [0.2, 0.25) is 0 Å². The van der Waals surface area contributed by atoms with Crippen LogP contribution in [0.15, 0.2) is 30.3 Å². The Labute approximate surface area is 173 Å². The van der Waals surface area contributed by atoms with Crippen LogP contribution in [0.25, 0.3) is 0 Å². The summed E-state index contributed by atoms with van der Waals surface area (Å²) in [6, 6.07) is 8.84. The summed E-state index contributed by atoms with van der Waals surface area (Å²) in [6.45, 7) is 5.38. The first-order valence-electron chi connectivity index (χ1n) is 8.76. The van der Waals surface area contributed by atoms with E-state index in [9.17, 15) is 9.90 Å². The molecule has 0 saturated carbocycles. The third kappa shape index (κ3) is 5.59. The van der Waals surface area contributed by atoms with Crippen molar-refractivity contribution in [2.45, 2.75) is 13.0 Å². The highest BCUT2D eigenvalue weighted by Crippen LogP contribution is 2.27. The zero-order valence-corrected chi connectivity index (χ0v) is 17.4. The number of ether oxygens (including phenoxy) is 1. The van der Waals surface area contributed by atoms with Gasteiger partial charge >= 0.3 is 0 Å². The highest BCUT2D eigenvalue weighted by molar-refractivity contribution is 7.13. The minimum absolute atomic E-state index is 0.0900. The fourth-order valence-corrected chi connectivity index (χ4v) is 4.13. The molecule has 1 atom stereocenters. The summed E-state index contributed by atoms with van der Waals surface area (Å²) in [4.78, 5) is 18.4. The number of aryl methyl sites for hydroxylation is 1. The molecule has 2 heterocycles. The van der Waals surface area contributed by atoms with Gasteiger partial charge in [-0.3, -0.25) is 9.69 Å². The average Bonchev–Trinajstić information content (AvgIpc) is 3.09. The van der Waals surface area contributed by atoms with Gasteiger partial charge in [-0.25, -0.2) is 0 Å². The number of carbonyl (C=O) groups is 1. The molecule has 8 heteroatoms. The van der Waals surface area contributed by atoms with Gasteiger partial charge < -0.3 is 14.7 Å². The van der Waals surface area contributed by atoms with Gasteiger partial charge in [0.25, 0.3) is 5.91 Å². The number of piperazine rings is 1. The molecular formula is C19H22Cl2N2O3S. The van der Waals surface area contributed by atoms with Crippen molar-refractivity contribution < 1.29 is 14.6 Å². The minimum atomic E-state index is -0.651. The fourth-order valence-electron chi connectivity index (χ4n) is 2.96. The van der Waals surface area contributed by atoms with Crippen molar-refractivity contribution in [3.05, 3.63) is 50.1 Å². The van der Waals surface area contributed by atoms with Crippen LogP contribution in [-0.4, -0.2) is 66.2 Å². The average molecular weight is 429 g/mol. The number of amides is 1. The predicted octanol–water partition coefficient (Wildman–Crippen LogP) is 3.56. The number of hydrogen-bond donors (Lipinski definition) is 1. The number of aliphatic hydroxyl groups excluding tert-OH is 1. The van der Waals surface area contributed by atoms with E-state index in [0.717, 1.165) is 22.8 Å². The number of aliphatic hydroxyl groups is 1. The Hall–Kier alpha value is -1.31. The van der Waals surface area contributed by atoms with Crippen LogP contribution in [0.5, 0.6) is 5.75 Å². The lowest BCUT2D eigenvalue weighted by molar-refractivity contribution is 0.0406. The van der Waals surface area contributed by atoms with Crippen molar-refractivity contribution in [1.82, 2.24) is 9.80 Å². The summed E-state index contributed by atoms with van der Waals surface area (Å²) >= 11 is 13.5. The van der Waals surface area contributed by atoms with Crippen LogP contribution < -0.4 is 4.74 Å². The Bertz CT molecular complexity index is 791. The van der Waals surface area contributed by atoms with Crippen molar-refractivity contribution >= 4 is 40.4 Å². The maximum Gasteiger partial charge on any atom is 0.264 e. The summed E-state index contributed by atoms with van der Waals surface area (Å²) in [5.74, 6) is 0.553. The van der Waals surface area contributed by atoms with Gasteiger partial charge in [0.1, 0.15) is 18.5 Å². The first-order valence-corrected chi connectivity index (χ1v) is 10.3. The minimum Gasteiger partial charge on any atom is -0.489 e. The lowest BCUT2D eigenvalue weighted by atomic mass is 10.2. The van der Waals surface area contributed by atoms with E-state index in [4.69, 9.17) is 27.9 Å². The normalized spacial score (nSPS) is 16.4. The van der Waals surface area contributed by atoms with Gasteiger partial charge in [-0.2, -0.15) is 0 Å². The third-order valence-corrected chi connectivity index (χ3v) is 5.94. The monoisotopic (exact) mass is 428 g/mol. The molecule has 1 fully saturated rings. The van der Waals surface area contributed by atoms with Crippen molar-refractivity contribution in [2.24, 2.45) is 0 Å². The molecule has 1 amide bonds. The van der Waals surface area contributed by atoms with Crippen molar-refractivity contribution in [3.8, 4) is 5.75 Å². The van der Waals surface area contributed by atoms with E-state index in [1.165, 1.54) is 11.3 Å². The van der Waals surface area contributed by atoms with Crippen LogP contribution in [0.2, 0.25) is 10.0 Å². The molecule has 0 spiro atoms. The summed E-state index contributed by atoms with van der Waals surface area (Å²) in [7, 11) is 0. The molecule has 1 aromatic heterocycles. The van der Waals surface area contributed by atoms with Gasteiger partial charge in [0.05, 0.1) is 9.90 Å². The molecule has 1 saturated heterocycles. The quantitative estimate of drug-likeness (QED) is 0.763. The Morgan fingerprint density at radius 3 is 2.63 bits per heavy atom. The summed E-state index contributed by atoms with van der Waals surface area (Å²) in [5.41, 5.74) is 0. The number of rotatable bonds is 6. The van der Waals surface area contributed by atoms with E-state index in [1.807, 2.05) is 24.0 Å². The smallest absolute Gasteiger partial charge is 0.264 e. The van der Waals surface area contributed by atoms with E-state index < -0.39 is 6.10 Å². The molecule has 3 rings (SSSR count). The molecule has 1 aliphatic heterocycles. The topological polar surface area (TPSA) is 53.0 Å². The van der Waals surface area contributed by atoms with Crippen LogP contribution in [0.3, 0.4) is 0 Å². The molecule has 2 aromatic rings. The van der Waals surface area contributed by atoms with E-state index >= 15 is 0 Å². The summed E-state index contributed by atoms with van der Waals surface area (Å²) in [5, 5.41) is 11.3. The summed E-state index contributed by atoms with van der Waals surface area (Å²) < 4.78 is 5.58. The summed E-state index contributed by atoms with van der Waals surface area (Å²) in [6.07, 6.45) is -0.651. The van der Waals surface area contributed by atoms with Gasteiger partial charge in [0.15, 0.2) is 0 Å². The number of hydrogen-bond acceptors (Lipinski definition) is 5. The standard InChI is InChI=1S/C19H22Cl2N2O3S/c1-13-2-5-18(27-13)19(25)23-8-6-22(7-9-23)11-15(24)12-26-17-10-14(20)3-4-16(17)21/h2-5,10,15,24H,6-9,11-12H2,1H3. The molecule has 5 nitrogen and oxygen atoms in total. The molecule has 1 aromatic carbocycles. The maximum absolute atomic E-state index is 12.5. The van der Waals surface area contributed by atoms with Crippen LogP contribution in [0.4, 0.5) is 0 Å². The van der Waals surface area contributed by atoms with E-state index in [0.29, 0.717) is 35.4 Å². The number of nitrogens with zero attached hydrogens (tertiary/aromatic N) is 2. The maximum atomic E-state index is 12.5. The number of benzene rings is 1. The molecule has 1 aliphatic rings. The molecule has 0 aliphatic carbocycles. The zero-order valence-electron chi connectivity index (χ0n) is 15.0. The largest absolute Gasteiger partial charge is 0.489 e. The molecule has 146 valence electrons. The Morgan fingerprint density at radius 1 is 1.22 bits per heavy atom. The van der Waals surface area contributed by atoms with E-state index in [2.05, 4.69) is 4.90 Å². The van der Waals surface area contributed by atoms with Gasteiger partial charge in [-0.1, -0.05) is 23.2 Å². The number of thiophene rings is 1. The number of carbonyl (C=O) groups excluding carboxylic acids is 1. The molecule has 0 bridgehead atoms. The lowest BCUT2D eigenvalue weighted by Crippen LogP contribution is -2.50. The van der Waals surface area contributed by atoms with Crippen molar-refractivity contribution in [1.29, 1.82) is 0 Å². The second kappa shape index (κ2) is 9.26. The number of halogens is 2.